The fourth-order valence-electron chi connectivity index (χ4n) is 3.32. The van der Waals surface area contributed by atoms with Gasteiger partial charge in [0.15, 0.2) is 0 Å². The van der Waals surface area contributed by atoms with E-state index in [-0.39, 0.29) is 30.3 Å². The van der Waals surface area contributed by atoms with Crippen molar-refractivity contribution in [3.05, 3.63) is 71.3 Å². The number of carbonyl (C=O) groups excluding carboxylic acids is 2. The highest BCUT2D eigenvalue weighted by Gasteiger charge is 2.21. The Hall–Kier alpha value is -2.66. The van der Waals surface area contributed by atoms with Gasteiger partial charge in [0.25, 0.3) is 5.91 Å². The van der Waals surface area contributed by atoms with Crippen LogP contribution in [-0.2, 0) is 4.79 Å². The zero-order valence-electron chi connectivity index (χ0n) is 15.7. The number of hydrogen-bond acceptors (Lipinski definition) is 3. The van der Waals surface area contributed by atoms with E-state index in [1.54, 1.807) is 0 Å². The largest absolute Gasteiger partial charge is 0.353 e. The average molecular weight is 365 g/mol. The maximum Gasteiger partial charge on any atom is 0.251 e. The van der Waals surface area contributed by atoms with E-state index in [0.29, 0.717) is 5.56 Å². The summed E-state index contributed by atoms with van der Waals surface area (Å²) in [5, 5.41) is 9.43. The molecule has 0 spiro atoms. The normalized spacial score (nSPS) is 15.7. The van der Waals surface area contributed by atoms with E-state index in [1.165, 1.54) is 0 Å². The minimum absolute atomic E-state index is 0.0278. The van der Waals surface area contributed by atoms with E-state index in [4.69, 9.17) is 0 Å². The number of nitrogens with one attached hydrogen (secondary N) is 3. The molecule has 0 aliphatic carbocycles. The van der Waals surface area contributed by atoms with Gasteiger partial charge in [-0.2, -0.15) is 0 Å². The summed E-state index contributed by atoms with van der Waals surface area (Å²) in [5.74, 6) is -0.196. The van der Waals surface area contributed by atoms with Crippen LogP contribution in [0.1, 0.15) is 46.8 Å². The Labute approximate surface area is 160 Å². The summed E-state index contributed by atoms with van der Waals surface area (Å²) in [5.41, 5.74) is 2.63. The molecule has 1 heterocycles. The minimum atomic E-state index is -0.360. The van der Waals surface area contributed by atoms with Gasteiger partial charge >= 0.3 is 0 Å². The fourth-order valence-corrected chi connectivity index (χ4v) is 3.32. The first-order valence-electron chi connectivity index (χ1n) is 9.54. The van der Waals surface area contributed by atoms with Crippen LogP contribution < -0.4 is 16.0 Å². The van der Waals surface area contributed by atoms with Gasteiger partial charge < -0.3 is 16.0 Å². The van der Waals surface area contributed by atoms with Gasteiger partial charge in [-0.1, -0.05) is 48.0 Å². The van der Waals surface area contributed by atoms with Crippen molar-refractivity contribution in [2.45, 2.75) is 38.3 Å². The van der Waals surface area contributed by atoms with E-state index in [9.17, 15) is 9.59 Å². The molecule has 1 aliphatic heterocycles. The van der Waals surface area contributed by atoms with Gasteiger partial charge in [0.2, 0.25) is 5.91 Å². The van der Waals surface area contributed by atoms with Crippen molar-refractivity contribution in [3.63, 3.8) is 0 Å². The second kappa shape index (κ2) is 9.33. The van der Waals surface area contributed by atoms with Crippen molar-refractivity contribution in [2.24, 2.45) is 0 Å². The Kier molecular flexibility index (Phi) is 6.60. The Bertz CT molecular complexity index is 753. The summed E-state index contributed by atoms with van der Waals surface area (Å²) in [6.45, 7) is 3.84. The highest BCUT2D eigenvalue weighted by Crippen LogP contribution is 2.18. The minimum Gasteiger partial charge on any atom is -0.353 e. The van der Waals surface area contributed by atoms with Gasteiger partial charge in [0.05, 0.1) is 12.5 Å². The number of amides is 2. The maximum atomic E-state index is 12.7. The standard InChI is InChI=1S/C22H27N3O2/c1-16-7-9-18(10-8-16)22(27)25-20(17-5-3-2-4-6-17)15-21(26)24-19-11-13-23-14-12-19/h2-10,19-20,23H,11-15H2,1H3,(H,24,26)(H,25,27). The lowest BCUT2D eigenvalue weighted by atomic mass is 10.0. The average Bonchev–Trinajstić information content (AvgIpc) is 2.69. The zero-order chi connectivity index (χ0) is 19.1. The summed E-state index contributed by atoms with van der Waals surface area (Å²) in [6.07, 6.45) is 2.11. The van der Waals surface area contributed by atoms with E-state index >= 15 is 0 Å². The van der Waals surface area contributed by atoms with E-state index in [0.717, 1.165) is 37.1 Å². The Morgan fingerprint density at radius 3 is 2.37 bits per heavy atom. The molecule has 0 saturated carbocycles. The predicted octanol–water partition coefficient (Wildman–Crippen LogP) is 2.72. The highest BCUT2D eigenvalue weighted by molar-refractivity contribution is 5.94. The zero-order valence-corrected chi connectivity index (χ0v) is 15.7. The summed E-state index contributed by atoms with van der Waals surface area (Å²) in [4.78, 5) is 25.2. The van der Waals surface area contributed by atoms with E-state index in [2.05, 4.69) is 16.0 Å². The highest BCUT2D eigenvalue weighted by atomic mass is 16.2. The number of aryl methyl sites for hydroxylation is 1. The van der Waals surface area contributed by atoms with E-state index < -0.39 is 0 Å². The lowest BCUT2D eigenvalue weighted by Gasteiger charge is -2.25. The molecule has 0 bridgehead atoms. The van der Waals surface area contributed by atoms with Crippen LogP contribution in [0.2, 0.25) is 0 Å². The number of hydrogen-bond donors (Lipinski definition) is 3. The molecule has 0 radical (unpaired) electrons. The molecule has 27 heavy (non-hydrogen) atoms. The Morgan fingerprint density at radius 1 is 1.04 bits per heavy atom. The molecule has 0 aromatic heterocycles. The molecule has 2 aromatic rings. The van der Waals surface area contributed by atoms with Crippen LogP contribution in [0.4, 0.5) is 0 Å². The molecule has 3 rings (SSSR count). The molecule has 3 N–H and O–H groups in total. The van der Waals surface area contributed by atoms with Gasteiger partial charge in [-0.25, -0.2) is 0 Å². The molecular formula is C22H27N3O2. The topological polar surface area (TPSA) is 70.2 Å². The molecule has 1 aliphatic rings. The van der Waals surface area contributed by atoms with Crippen molar-refractivity contribution in [1.29, 1.82) is 0 Å². The summed E-state index contributed by atoms with van der Waals surface area (Å²) in [7, 11) is 0. The molecule has 142 valence electrons. The molecule has 1 unspecified atom stereocenters. The van der Waals surface area contributed by atoms with Gasteiger partial charge in [-0.3, -0.25) is 9.59 Å². The van der Waals surface area contributed by atoms with Gasteiger partial charge in [0, 0.05) is 11.6 Å². The Morgan fingerprint density at radius 2 is 1.70 bits per heavy atom. The van der Waals surface area contributed by atoms with E-state index in [1.807, 2.05) is 61.5 Å². The molecule has 5 heteroatoms. The third-order valence-corrected chi connectivity index (χ3v) is 4.91. The second-order valence-corrected chi connectivity index (χ2v) is 7.10. The first kappa shape index (κ1) is 19.1. The van der Waals surface area contributed by atoms with Crippen LogP contribution in [0.15, 0.2) is 54.6 Å². The number of carbonyl (C=O) groups is 2. The summed E-state index contributed by atoms with van der Waals surface area (Å²) in [6, 6.07) is 16.9. The SMILES string of the molecule is Cc1ccc(C(=O)NC(CC(=O)NC2CCNCC2)c2ccccc2)cc1. The van der Waals surface area contributed by atoms with Crippen LogP contribution in [0.25, 0.3) is 0 Å². The van der Waals surface area contributed by atoms with Crippen molar-refractivity contribution in [1.82, 2.24) is 16.0 Å². The number of benzene rings is 2. The first-order valence-corrected chi connectivity index (χ1v) is 9.54. The quantitative estimate of drug-likeness (QED) is 0.737. The summed E-state index contributed by atoms with van der Waals surface area (Å²) < 4.78 is 0. The fraction of sp³-hybridized carbons (Fsp3) is 0.364. The van der Waals surface area contributed by atoms with Crippen molar-refractivity contribution < 1.29 is 9.59 Å². The van der Waals surface area contributed by atoms with Crippen molar-refractivity contribution in [2.75, 3.05) is 13.1 Å². The van der Waals surface area contributed by atoms with Gasteiger partial charge in [0.1, 0.15) is 0 Å². The summed E-state index contributed by atoms with van der Waals surface area (Å²) >= 11 is 0. The molecule has 1 fully saturated rings. The molecule has 1 atom stereocenters. The van der Waals surface area contributed by atoms with Crippen LogP contribution in [0.5, 0.6) is 0 Å². The van der Waals surface area contributed by atoms with Crippen LogP contribution >= 0.6 is 0 Å². The lowest BCUT2D eigenvalue weighted by Crippen LogP contribution is -2.44. The maximum absolute atomic E-state index is 12.7. The van der Waals surface area contributed by atoms with Crippen LogP contribution in [0, 0.1) is 6.92 Å². The van der Waals surface area contributed by atoms with Crippen molar-refractivity contribution in [3.8, 4) is 0 Å². The Balaban J connectivity index is 1.68. The number of piperidine rings is 1. The van der Waals surface area contributed by atoms with Crippen molar-refractivity contribution >= 4 is 11.8 Å². The van der Waals surface area contributed by atoms with Crippen LogP contribution in [0.3, 0.4) is 0 Å². The van der Waals surface area contributed by atoms with Gasteiger partial charge in [-0.05, 0) is 50.6 Å². The lowest BCUT2D eigenvalue weighted by molar-refractivity contribution is -0.122. The predicted molar refractivity (Wildman–Crippen MR) is 106 cm³/mol. The third kappa shape index (κ3) is 5.66. The second-order valence-electron chi connectivity index (χ2n) is 7.10. The molecular weight excluding hydrogens is 338 g/mol. The molecule has 5 nitrogen and oxygen atoms in total. The van der Waals surface area contributed by atoms with Crippen LogP contribution in [-0.4, -0.2) is 30.9 Å². The smallest absolute Gasteiger partial charge is 0.251 e. The molecule has 2 amide bonds. The van der Waals surface area contributed by atoms with Gasteiger partial charge in [-0.15, -0.1) is 0 Å². The number of rotatable bonds is 6. The molecule has 2 aromatic carbocycles. The molecule has 1 saturated heterocycles. The monoisotopic (exact) mass is 365 g/mol. The first-order chi connectivity index (χ1) is 13.1. The third-order valence-electron chi connectivity index (χ3n) is 4.91.